The third kappa shape index (κ3) is 4.88. The molecule has 0 radical (unpaired) electrons. The van der Waals surface area contributed by atoms with E-state index in [1.165, 1.54) is 11.1 Å². The molecule has 5 heteroatoms. The molecule has 0 atom stereocenters. The number of nitrogens with zero attached hydrogens (tertiary/aromatic N) is 3. The summed E-state index contributed by atoms with van der Waals surface area (Å²) in [6.45, 7) is 15.8. The number of hydrogen-bond donors (Lipinski definition) is 0. The lowest BCUT2D eigenvalue weighted by Gasteiger charge is -2.28. The molecule has 5 nitrogen and oxygen atoms in total. The molecule has 3 rings (SSSR count). The highest BCUT2D eigenvalue weighted by Gasteiger charge is 2.53. The molecule has 2 aliphatic rings. The number of rotatable bonds is 6. The van der Waals surface area contributed by atoms with Crippen molar-refractivity contribution in [3.63, 3.8) is 0 Å². The third-order valence-electron chi connectivity index (χ3n) is 6.81. The first-order valence-corrected chi connectivity index (χ1v) is 11.6. The average molecular weight is 414 g/mol. The van der Waals surface area contributed by atoms with Crippen molar-refractivity contribution in [3.05, 3.63) is 35.4 Å². The molecule has 0 aromatic heterocycles. The van der Waals surface area contributed by atoms with Crippen LogP contribution in [0.2, 0.25) is 0 Å². The molecule has 1 heterocycles. The van der Waals surface area contributed by atoms with Crippen LogP contribution in [0.4, 0.5) is 0 Å². The van der Waals surface area contributed by atoms with E-state index >= 15 is 0 Å². The van der Waals surface area contributed by atoms with Gasteiger partial charge in [-0.2, -0.15) is 0 Å². The maximum Gasteiger partial charge on any atom is 0.236 e. The predicted octanol–water partition coefficient (Wildman–Crippen LogP) is 3.42. The van der Waals surface area contributed by atoms with Crippen molar-refractivity contribution in [1.82, 2.24) is 14.7 Å². The SMILES string of the molecule is CCN(CC)C(=O)CN1CCCN(C(=O)C2(c3ccc(C(C)(C)C)cc3)CC2)CC1. The number of hydrogen-bond acceptors (Lipinski definition) is 3. The van der Waals surface area contributed by atoms with Crippen LogP contribution in [0.5, 0.6) is 0 Å². The Morgan fingerprint density at radius 1 is 0.967 bits per heavy atom. The number of carbonyl (C=O) groups excluding carboxylic acids is 2. The van der Waals surface area contributed by atoms with Crippen molar-refractivity contribution < 1.29 is 9.59 Å². The Labute approximate surface area is 182 Å². The van der Waals surface area contributed by atoms with Crippen molar-refractivity contribution in [2.24, 2.45) is 0 Å². The van der Waals surface area contributed by atoms with Gasteiger partial charge in [0.2, 0.25) is 11.8 Å². The quantitative estimate of drug-likeness (QED) is 0.718. The molecule has 1 aliphatic carbocycles. The Morgan fingerprint density at radius 3 is 2.13 bits per heavy atom. The largest absolute Gasteiger partial charge is 0.342 e. The van der Waals surface area contributed by atoms with Crippen molar-refractivity contribution in [2.45, 2.75) is 64.7 Å². The first kappa shape index (κ1) is 22.8. The van der Waals surface area contributed by atoms with E-state index in [0.717, 1.165) is 52.0 Å². The summed E-state index contributed by atoms with van der Waals surface area (Å²) in [6, 6.07) is 8.70. The van der Waals surface area contributed by atoms with Gasteiger partial charge in [-0.3, -0.25) is 14.5 Å². The molecule has 30 heavy (non-hydrogen) atoms. The normalized spacial score (nSPS) is 19.3. The van der Waals surface area contributed by atoms with Gasteiger partial charge in [0.1, 0.15) is 0 Å². The molecule has 1 saturated carbocycles. The highest BCUT2D eigenvalue weighted by atomic mass is 16.2. The zero-order valence-electron chi connectivity index (χ0n) is 19.5. The third-order valence-corrected chi connectivity index (χ3v) is 6.81. The van der Waals surface area contributed by atoms with Crippen LogP contribution < -0.4 is 0 Å². The molecule has 2 amide bonds. The predicted molar refractivity (Wildman–Crippen MR) is 122 cm³/mol. The maximum atomic E-state index is 13.5. The lowest BCUT2D eigenvalue weighted by Crippen LogP contribution is -2.43. The molecule has 166 valence electrons. The Balaban J connectivity index is 1.62. The smallest absolute Gasteiger partial charge is 0.236 e. The van der Waals surface area contributed by atoms with Gasteiger partial charge in [0.15, 0.2) is 0 Å². The summed E-state index contributed by atoms with van der Waals surface area (Å²) < 4.78 is 0. The summed E-state index contributed by atoms with van der Waals surface area (Å²) >= 11 is 0. The molecule has 1 aromatic carbocycles. The van der Waals surface area contributed by atoms with Crippen LogP contribution in [0, 0.1) is 0 Å². The Hall–Kier alpha value is -1.88. The standard InChI is InChI=1S/C25H39N3O2/c1-6-27(7-2)22(29)19-26-15-8-16-28(18-17-26)23(30)25(13-14-25)21-11-9-20(10-12-21)24(3,4)5/h9-12H,6-8,13-19H2,1-5H3. The van der Waals surface area contributed by atoms with Gasteiger partial charge in [0.05, 0.1) is 12.0 Å². The lowest BCUT2D eigenvalue weighted by atomic mass is 9.84. The van der Waals surface area contributed by atoms with Gasteiger partial charge in [0.25, 0.3) is 0 Å². The van der Waals surface area contributed by atoms with Crippen LogP contribution in [0.25, 0.3) is 0 Å². The summed E-state index contributed by atoms with van der Waals surface area (Å²) in [5.74, 6) is 0.473. The molecule has 1 saturated heterocycles. The second kappa shape index (κ2) is 9.09. The molecular formula is C25H39N3O2. The van der Waals surface area contributed by atoms with E-state index in [0.29, 0.717) is 13.1 Å². The van der Waals surface area contributed by atoms with Gasteiger partial charge >= 0.3 is 0 Å². The van der Waals surface area contributed by atoms with E-state index < -0.39 is 0 Å². The van der Waals surface area contributed by atoms with Crippen LogP contribution in [0.15, 0.2) is 24.3 Å². The van der Waals surface area contributed by atoms with Gasteiger partial charge in [-0.1, -0.05) is 45.0 Å². The highest BCUT2D eigenvalue weighted by molar-refractivity contribution is 5.91. The van der Waals surface area contributed by atoms with E-state index in [1.807, 2.05) is 23.6 Å². The van der Waals surface area contributed by atoms with E-state index in [9.17, 15) is 9.59 Å². The fourth-order valence-electron chi connectivity index (χ4n) is 4.54. The van der Waals surface area contributed by atoms with Crippen LogP contribution >= 0.6 is 0 Å². The molecule has 0 N–H and O–H groups in total. The van der Waals surface area contributed by atoms with Crippen molar-refractivity contribution >= 4 is 11.8 Å². The number of likely N-dealkylation sites (N-methyl/N-ethyl adjacent to an activating group) is 1. The summed E-state index contributed by atoms with van der Waals surface area (Å²) in [5, 5.41) is 0. The fraction of sp³-hybridized carbons (Fsp3) is 0.680. The monoisotopic (exact) mass is 413 g/mol. The van der Waals surface area contributed by atoms with Crippen molar-refractivity contribution in [1.29, 1.82) is 0 Å². The maximum absolute atomic E-state index is 13.5. The van der Waals surface area contributed by atoms with E-state index in [4.69, 9.17) is 0 Å². The zero-order chi connectivity index (χ0) is 21.9. The molecule has 1 aliphatic heterocycles. The number of benzene rings is 1. The van der Waals surface area contributed by atoms with Gasteiger partial charge in [-0.15, -0.1) is 0 Å². The molecule has 1 aromatic rings. The summed E-state index contributed by atoms with van der Waals surface area (Å²) in [5.41, 5.74) is 2.27. The van der Waals surface area contributed by atoms with E-state index in [-0.39, 0.29) is 22.6 Å². The molecular weight excluding hydrogens is 374 g/mol. The Kier molecular flexibility index (Phi) is 6.91. The van der Waals surface area contributed by atoms with Crippen LogP contribution in [0.1, 0.15) is 65.0 Å². The van der Waals surface area contributed by atoms with Crippen molar-refractivity contribution in [3.8, 4) is 0 Å². The van der Waals surface area contributed by atoms with Gasteiger partial charge in [-0.05, 0) is 49.7 Å². The van der Waals surface area contributed by atoms with Crippen molar-refractivity contribution in [2.75, 3.05) is 45.8 Å². The second-order valence-electron chi connectivity index (χ2n) is 9.90. The highest BCUT2D eigenvalue weighted by Crippen LogP contribution is 2.50. The van der Waals surface area contributed by atoms with Gasteiger partial charge < -0.3 is 9.80 Å². The van der Waals surface area contributed by atoms with Crippen LogP contribution in [-0.2, 0) is 20.4 Å². The van der Waals surface area contributed by atoms with Crippen LogP contribution in [-0.4, -0.2) is 72.3 Å². The summed E-state index contributed by atoms with van der Waals surface area (Å²) in [4.78, 5) is 32.1. The minimum atomic E-state index is -0.317. The summed E-state index contributed by atoms with van der Waals surface area (Å²) in [7, 11) is 0. The van der Waals surface area contributed by atoms with Crippen LogP contribution in [0.3, 0.4) is 0 Å². The second-order valence-corrected chi connectivity index (χ2v) is 9.90. The minimum Gasteiger partial charge on any atom is -0.342 e. The molecule has 0 bridgehead atoms. The number of carbonyl (C=O) groups is 2. The Morgan fingerprint density at radius 2 is 1.60 bits per heavy atom. The van der Waals surface area contributed by atoms with E-state index in [1.54, 1.807) is 0 Å². The summed E-state index contributed by atoms with van der Waals surface area (Å²) in [6.07, 6.45) is 2.82. The fourth-order valence-corrected chi connectivity index (χ4v) is 4.54. The number of amides is 2. The first-order valence-electron chi connectivity index (χ1n) is 11.6. The molecule has 0 spiro atoms. The zero-order valence-corrected chi connectivity index (χ0v) is 19.5. The van der Waals surface area contributed by atoms with E-state index in [2.05, 4.69) is 49.9 Å². The first-order chi connectivity index (χ1) is 14.2. The van der Waals surface area contributed by atoms with Gasteiger partial charge in [0, 0.05) is 39.3 Å². The Bertz CT molecular complexity index is 743. The van der Waals surface area contributed by atoms with Gasteiger partial charge in [-0.25, -0.2) is 0 Å². The minimum absolute atomic E-state index is 0.121. The average Bonchev–Trinajstić information content (AvgIpc) is 3.53. The lowest BCUT2D eigenvalue weighted by molar-refractivity contribution is -0.133. The molecule has 0 unspecified atom stereocenters. The topological polar surface area (TPSA) is 43.9 Å². The molecule has 2 fully saturated rings.